The Morgan fingerprint density at radius 2 is 2.10 bits per heavy atom. The summed E-state index contributed by atoms with van der Waals surface area (Å²) in [5, 5.41) is 3.02. The topological polar surface area (TPSA) is 62.8 Å². The Bertz CT molecular complexity index is 780. The first-order valence-corrected chi connectivity index (χ1v) is 6.61. The first-order chi connectivity index (χ1) is 9.85. The van der Waals surface area contributed by atoms with Gasteiger partial charge in [0.25, 0.3) is 0 Å². The summed E-state index contributed by atoms with van der Waals surface area (Å²) in [6.07, 6.45) is 0. The van der Waals surface area contributed by atoms with Crippen LogP contribution in [0.25, 0.3) is 11.2 Å². The number of rotatable bonds is 2. The third kappa shape index (κ3) is 1.63. The van der Waals surface area contributed by atoms with Crippen LogP contribution in [0.5, 0.6) is 5.75 Å². The summed E-state index contributed by atoms with van der Waals surface area (Å²) in [4.78, 5) is 12.4. The molecule has 20 heavy (non-hydrogen) atoms. The number of aromatic nitrogens is 3. The highest BCUT2D eigenvalue weighted by molar-refractivity contribution is 5.73. The molecule has 3 heterocycles. The largest absolute Gasteiger partial charge is 0.492 e. The number of anilines is 1. The lowest BCUT2D eigenvalue weighted by Gasteiger charge is -2.03. The van der Waals surface area contributed by atoms with Crippen molar-refractivity contribution in [3.8, 4) is 5.75 Å². The zero-order chi connectivity index (χ0) is 13.5. The van der Waals surface area contributed by atoms with E-state index >= 15 is 0 Å². The van der Waals surface area contributed by atoms with Gasteiger partial charge >= 0.3 is 0 Å². The lowest BCUT2D eigenvalue weighted by atomic mass is 10.0. The summed E-state index contributed by atoms with van der Waals surface area (Å²) in [6, 6.07) is 12.0. The van der Waals surface area contributed by atoms with E-state index in [-0.39, 0.29) is 5.92 Å². The van der Waals surface area contributed by atoms with Gasteiger partial charge in [0.15, 0.2) is 5.65 Å². The number of nitrogens with zero attached hydrogens (tertiary/aromatic N) is 2. The fraction of sp³-hybridized carbons (Fsp3) is 0.200. The van der Waals surface area contributed by atoms with E-state index in [2.05, 4.69) is 26.3 Å². The van der Waals surface area contributed by atoms with Crippen LogP contribution < -0.4 is 10.1 Å². The van der Waals surface area contributed by atoms with Gasteiger partial charge in [-0.3, -0.25) is 0 Å². The molecule has 0 bridgehead atoms. The number of imidazole rings is 1. The molecule has 0 spiro atoms. The molecule has 1 unspecified atom stereocenters. The minimum absolute atomic E-state index is 0.151. The van der Waals surface area contributed by atoms with Crippen molar-refractivity contribution < 1.29 is 4.74 Å². The molecule has 2 aromatic heterocycles. The van der Waals surface area contributed by atoms with Gasteiger partial charge in [-0.2, -0.15) is 0 Å². The van der Waals surface area contributed by atoms with E-state index in [0.29, 0.717) is 6.61 Å². The molecule has 1 aliphatic heterocycles. The highest BCUT2D eigenvalue weighted by Gasteiger charge is 2.27. The molecule has 2 N–H and O–H groups in total. The Morgan fingerprint density at radius 3 is 3.00 bits per heavy atom. The van der Waals surface area contributed by atoms with Crippen molar-refractivity contribution in [2.45, 2.75) is 5.92 Å². The Balaban J connectivity index is 1.80. The van der Waals surface area contributed by atoms with Crippen molar-refractivity contribution in [2.75, 3.05) is 19.0 Å². The molecule has 0 saturated carbocycles. The van der Waals surface area contributed by atoms with Gasteiger partial charge in [-0.05, 0) is 18.2 Å². The zero-order valence-corrected chi connectivity index (χ0v) is 11.1. The molecule has 0 fully saturated rings. The van der Waals surface area contributed by atoms with Crippen molar-refractivity contribution >= 4 is 17.0 Å². The average Bonchev–Trinajstić information content (AvgIpc) is 3.09. The van der Waals surface area contributed by atoms with Gasteiger partial charge in [0.1, 0.15) is 24.0 Å². The maximum Gasteiger partial charge on any atom is 0.179 e. The molecule has 5 heteroatoms. The van der Waals surface area contributed by atoms with Gasteiger partial charge in [0.05, 0.1) is 11.4 Å². The number of pyridine rings is 1. The number of benzene rings is 1. The first-order valence-electron chi connectivity index (χ1n) is 6.61. The lowest BCUT2D eigenvalue weighted by Crippen LogP contribution is -2.04. The number of hydrogen-bond acceptors (Lipinski definition) is 4. The van der Waals surface area contributed by atoms with Gasteiger partial charge in [0.2, 0.25) is 0 Å². The van der Waals surface area contributed by atoms with Crippen LogP contribution in [-0.4, -0.2) is 28.6 Å². The second-order valence-electron chi connectivity index (χ2n) is 4.84. The van der Waals surface area contributed by atoms with Gasteiger partial charge in [0, 0.05) is 12.6 Å². The summed E-state index contributed by atoms with van der Waals surface area (Å²) >= 11 is 0. The second-order valence-corrected chi connectivity index (χ2v) is 4.84. The van der Waals surface area contributed by atoms with E-state index in [1.807, 2.05) is 37.4 Å². The molecular formula is C15H14N4O. The molecule has 1 aromatic carbocycles. The third-order valence-electron chi connectivity index (χ3n) is 3.65. The standard InChI is InChI=1S/C15H14N4O/c1-16-13-7-6-11-15(18-13)19-14(17-11)10-8-20-12-5-3-2-4-9(10)12/h2-7,10H,8H2,1H3,(H2,16,17,18,19). The van der Waals surface area contributed by atoms with Crippen molar-refractivity contribution in [1.82, 2.24) is 15.0 Å². The molecule has 0 radical (unpaired) electrons. The van der Waals surface area contributed by atoms with Crippen LogP contribution in [-0.2, 0) is 0 Å². The quantitative estimate of drug-likeness (QED) is 0.748. The molecule has 1 aliphatic rings. The first kappa shape index (κ1) is 11.3. The van der Waals surface area contributed by atoms with Crippen molar-refractivity contribution in [2.24, 2.45) is 0 Å². The number of hydrogen-bond donors (Lipinski definition) is 2. The molecule has 3 aromatic rings. The summed E-state index contributed by atoms with van der Waals surface area (Å²) in [6.45, 7) is 0.623. The van der Waals surface area contributed by atoms with E-state index in [9.17, 15) is 0 Å². The fourth-order valence-electron chi connectivity index (χ4n) is 2.60. The van der Waals surface area contributed by atoms with Crippen LogP contribution in [0.3, 0.4) is 0 Å². The van der Waals surface area contributed by atoms with Crippen LogP contribution in [0.15, 0.2) is 36.4 Å². The van der Waals surface area contributed by atoms with Crippen molar-refractivity contribution in [1.29, 1.82) is 0 Å². The van der Waals surface area contributed by atoms with Crippen LogP contribution in [0, 0.1) is 0 Å². The fourth-order valence-corrected chi connectivity index (χ4v) is 2.60. The average molecular weight is 266 g/mol. The molecule has 0 aliphatic carbocycles. The number of ether oxygens (including phenoxy) is 1. The summed E-state index contributed by atoms with van der Waals surface area (Å²) in [7, 11) is 1.85. The number of fused-ring (bicyclic) bond motifs is 2. The third-order valence-corrected chi connectivity index (χ3v) is 3.65. The molecular weight excluding hydrogens is 252 g/mol. The van der Waals surface area contributed by atoms with Gasteiger partial charge in [-0.25, -0.2) is 9.97 Å². The SMILES string of the molecule is CNc1ccc2[nH]c(C3COc4ccccc43)nc2n1. The highest BCUT2D eigenvalue weighted by Crippen LogP contribution is 2.37. The van der Waals surface area contributed by atoms with E-state index in [4.69, 9.17) is 4.74 Å². The van der Waals surface area contributed by atoms with Crippen LogP contribution in [0.2, 0.25) is 0 Å². The molecule has 5 nitrogen and oxygen atoms in total. The Labute approximate surface area is 116 Å². The van der Waals surface area contributed by atoms with E-state index in [0.717, 1.165) is 28.6 Å². The lowest BCUT2D eigenvalue weighted by molar-refractivity contribution is 0.340. The Hall–Kier alpha value is -2.56. The number of nitrogens with one attached hydrogen (secondary N) is 2. The number of H-pyrrole nitrogens is 1. The van der Waals surface area contributed by atoms with Crippen LogP contribution >= 0.6 is 0 Å². The minimum Gasteiger partial charge on any atom is -0.492 e. The Kier molecular flexibility index (Phi) is 2.39. The molecule has 0 saturated heterocycles. The second kappa shape index (κ2) is 4.23. The monoisotopic (exact) mass is 266 g/mol. The summed E-state index contributed by atoms with van der Waals surface area (Å²) < 4.78 is 5.71. The van der Waals surface area contributed by atoms with Gasteiger partial charge in [-0.15, -0.1) is 0 Å². The summed E-state index contributed by atoms with van der Waals surface area (Å²) in [5.41, 5.74) is 2.86. The highest BCUT2D eigenvalue weighted by atomic mass is 16.5. The minimum atomic E-state index is 0.151. The molecule has 100 valence electrons. The maximum atomic E-state index is 5.71. The predicted molar refractivity (Wildman–Crippen MR) is 77.2 cm³/mol. The van der Waals surface area contributed by atoms with E-state index in [1.54, 1.807) is 0 Å². The molecule has 0 amide bonds. The van der Waals surface area contributed by atoms with Gasteiger partial charge < -0.3 is 15.0 Å². The predicted octanol–water partition coefficient (Wildman–Crippen LogP) is 2.52. The van der Waals surface area contributed by atoms with Crippen molar-refractivity contribution in [3.05, 3.63) is 47.8 Å². The summed E-state index contributed by atoms with van der Waals surface area (Å²) in [5.74, 6) is 2.82. The van der Waals surface area contributed by atoms with E-state index < -0.39 is 0 Å². The number of para-hydroxylation sites is 1. The van der Waals surface area contributed by atoms with E-state index in [1.165, 1.54) is 5.56 Å². The smallest absolute Gasteiger partial charge is 0.179 e. The van der Waals surface area contributed by atoms with Crippen LogP contribution in [0.1, 0.15) is 17.3 Å². The Morgan fingerprint density at radius 1 is 1.20 bits per heavy atom. The molecule has 1 atom stereocenters. The molecule has 4 rings (SSSR count). The van der Waals surface area contributed by atoms with Crippen LogP contribution in [0.4, 0.5) is 5.82 Å². The normalized spacial score (nSPS) is 16.9. The zero-order valence-electron chi connectivity index (χ0n) is 11.1. The maximum absolute atomic E-state index is 5.71. The van der Waals surface area contributed by atoms with Gasteiger partial charge in [-0.1, -0.05) is 18.2 Å². The number of aromatic amines is 1. The van der Waals surface area contributed by atoms with Crippen molar-refractivity contribution in [3.63, 3.8) is 0 Å².